The van der Waals surface area contributed by atoms with Crippen LogP contribution in [-0.4, -0.2) is 80.6 Å². The van der Waals surface area contributed by atoms with Crippen LogP contribution in [0.1, 0.15) is 104 Å². The number of nitrogens with two attached hydrogens (primary N) is 1. The molecule has 0 rings (SSSR count). The first-order chi connectivity index (χ1) is 16.8. The number of nitrogens with zero attached hydrogens (tertiary/aromatic N) is 1. The van der Waals surface area contributed by atoms with E-state index in [-0.39, 0.29) is 12.7 Å². The second-order valence-electron chi connectivity index (χ2n) is 9.88. The third-order valence-electron chi connectivity index (χ3n) is 5.02. The van der Waals surface area contributed by atoms with Crippen LogP contribution in [0.4, 0.5) is 0 Å². The van der Waals surface area contributed by atoms with Gasteiger partial charge < -0.3 is 25.0 Å². The molecule has 0 spiro atoms. The number of allylic oxidation sites excluding steroid dienone is 1. The van der Waals surface area contributed by atoms with Crippen molar-refractivity contribution >= 4 is 16.4 Å². The second kappa shape index (κ2) is 27.0. The highest BCUT2D eigenvalue weighted by atomic mass is 32.3. The lowest BCUT2D eigenvalue weighted by molar-refractivity contribution is -0.870. The van der Waals surface area contributed by atoms with Gasteiger partial charge in [-0.1, -0.05) is 64.0 Å². The molecule has 0 aromatic heterocycles. The third kappa shape index (κ3) is 46.3. The molecule has 0 heterocycles. The van der Waals surface area contributed by atoms with Gasteiger partial charge in [0.25, 0.3) is 0 Å². The summed E-state index contributed by atoms with van der Waals surface area (Å²) < 4.78 is 33.0. The lowest BCUT2D eigenvalue weighted by Gasteiger charge is -2.23. The van der Waals surface area contributed by atoms with Crippen molar-refractivity contribution < 1.29 is 36.6 Å². The van der Waals surface area contributed by atoms with Crippen LogP contribution in [0.2, 0.25) is 0 Å². The van der Waals surface area contributed by atoms with Gasteiger partial charge in [0.1, 0.15) is 0 Å². The number of aliphatic carboxylic acids is 1. The molecule has 0 saturated carbocycles. The summed E-state index contributed by atoms with van der Waals surface area (Å²) in [5.74, 6) is -0.689. The molecule has 1 atom stereocenters. The Morgan fingerprint density at radius 3 is 2.00 bits per heavy atom. The summed E-state index contributed by atoms with van der Waals surface area (Å²) in [5.41, 5.74) is 5.33. The molecule has 0 bridgehead atoms. The average Bonchev–Trinajstić information content (AvgIpc) is 2.76. The molecule has 0 aromatic carbocycles. The molecule has 0 aliphatic carbocycles. The highest BCUT2D eigenvalue weighted by Gasteiger charge is 2.03. The van der Waals surface area contributed by atoms with Crippen molar-refractivity contribution in [3.63, 3.8) is 0 Å². The Labute approximate surface area is 221 Å². The van der Waals surface area contributed by atoms with Gasteiger partial charge in [0.05, 0.1) is 40.4 Å². The summed E-state index contributed by atoms with van der Waals surface area (Å²) in [4.78, 5) is 10.3. The van der Waals surface area contributed by atoms with E-state index in [0.29, 0.717) is 6.42 Å². The Morgan fingerprint density at radius 1 is 0.972 bits per heavy atom. The number of carboxylic acids is 1. The molecule has 0 amide bonds. The van der Waals surface area contributed by atoms with E-state index in [0.717, 1.165) is 68.8 Å². The molecule has 0 saturated heterocycles. The van der Waals surface area contributed by atoms with E-state index in [1.165, 1.54) is 39.2 Å². The molecule has 36 heavy (non-hydrogen) atoms. The predicted molar refractivity (Wildman–Crippen MR) is 146 cm³/mol. The Morgan fingerprint density at radius 2 is 1.56 bits per heavy atom. The lowest BCUT2D eigenvalue weighted by Crippen LogP contribution is -2.36. The van der Waals surface area contributed by atoms with Gasteiger partial charge in [0.2, 0.25) is 10.4 Å². The standard InChI is InChI=1S/C18H34O3.C6H17N2.C2H6O4S/c1-2-3-4-11-14-17(19)15-12-9-7-5-6-8-10-13-16-18(20)21;1-8(2,3)6-4-5-7;1-2-6-7(3,4)5/h9,12,17,19H,2-8,10-11,13-16H2,1H3,(H,20,21);4-7H2,1-3H3;2H2,1H3,(H,3,4,5)/q;+1;/p-1/b12-9-;;. The van der Waals surface area contributed by atoms with Crippen LogP contribution < -0.4 is 5.73 Å². The van der Waals surface area contributed by atoms with Crippen molar-refractivity contribution in [2.24, 2.45) is 5.73 Å². The lowest BCUT2D eigenvalue weighted by atomic mass is 10.1. The minimum Gasteiger partial charge on any atom is -0.726 e. The van der Waals surface area contributed by atoms with Crippen LogP contribution in [0.3, 0.4) is 0 Å². The van der Waals surface area contributed by atoms with Crippen LogP contribution in [-0.2, 0) is 19.4 Å². The Kier molecular flexibility index (Phi) is 29.6. The third-order valence-corrected chi connectivity index (χ3v) is 5.55. The van der Waals surface area contributed by atoms with E-state index >= 15 is 0 Å². The normalized spacial score (nSPS) is 12.4. The van der Waals surface area contributed by atoms with Crippen LogP contribution >= 0.6 is 0 Å². The number of unbranched alkanes of at least 4 members (excludes halogenated alkanes) is 8. The monoisotopic (exact) mass is 540 g/mol. The zero-order chi connectivity index (χ0) is 28.3. The number of carboxylic acid groups (broad SMARTS) is 1. The summed E-state index contributed by atoms with van der Waals surface area (Å²) in [6, 6.07) is 0. The van der Waals surface area contributed by atoms with Crippen molar-refractivity contribution in [1.82, 2.24) is 0 Å². The first kappa shape index (κ1) is 39.5. The van der Waals surface area contributed by atoms with Gasteiger partial charge in [-0.05, 0) is 45.6 Å². The molecule has 0 radical (unpaired) electrons. The van der Waals surface area contributed by atoms with Gasteiger partial charge in [0, 0.05) is 12.8 Å². The predicted octanol–water partition coefficient (Wildman–Crippen LogP) is 4.60. The van der Waals surface area contributed by atoms with Crippen LogP contribution in [0, 0.1) is 0 Å². The van der Waals surface area contributed by atoms with Crippen molar-refractivity contribution in [1.29, 1.82) is 0 Å². The van der Waals surface area contributed by atoms with E-state index in [1.807, 2.05) is 0 Å². The molecule has 4 N–H and O–H groups in total. The summed E-state index contributed by atoms with van der Waals surface area (Å²) in [6.07, 6.45) is 18.5. The zero-order valence-corrected chi connectivity index (χ0v) is 24.4. The van der Waals surface area contributed by atoms with Crippen molar-refractivity contribution in [3.8, 4) is 0 Å². The maximum absolute atomic E-state index is 10.3. The molecule has 0 aliphatic heterocycles. The Hall–Kier alpha value is -1.04. The number of rotatable bonds is 20. The van der Waals surface area contributed by atoms with Crippen molar-refractivity contribution in [2.45, 2.75) is 110 Å². The molecule has 0 aliphatic rings. The fourth-order valence-electron chi connectivity index (χ4n) is 3.07. The largest absolute Gasteiger partial charge is 0.726 e. The van der Waals surface area contributed by atoms with Crippen molar-refractivity contribution in [3.05, 3.63) is 12.2 Å². The summed E-state index contributed by atoms with van der Waals surface area (Å²) >= 11 is 0. The van der Waals surface area contributed by atoms with Crippen LogP contribution in [0.25, 0.3) is 0 Å². The molecule has 0 aromatic rings. The Bertz CT molecular complexity index is 606. The quantitative estimate of drug-likeness (QED) is 0.0666. The smallest absolute Gasteiger partial charge is 0.303 e. The highest BCUT2D eigenvalue weighted by Crippen LogP contribution is 2.10. The molecular weight excluding hydrogens is 484 g/mol. The van der Waals surface area contributed by atoms with Gasteiger partial charge in [-0.2, -0.15) is 0 Å². The van der Waals surface area contributed by atoms with Crippen LogP contribution in [0.5, 0.6) is 0 Å². The van der Waals surface area contributed by atoms with Gasteiger partial charge in [-0.25, -0.2) is 8.42 Å². The Balaban J connectivity index is -0.000000591. The van der Waals surface area contributed by atoms with E-state index in [4.69, 9.17) is 10.8 Å². The van der Waals surface area contributed by atoms with E-state index in [2.05, 4.69) is 44.4 Å². The van der Waals surface area contributed by atoms with Crippen molar-refractivity contribution in [2.75, 3.05) is 40.8 Å². The molecule has 10 heteroatoms. The molecule has 218 valence electrons. The summed E-state index contributed by atoms with van der Waals surface area (Å²) in [7, 11) is 2.10. The number of quaternary nitrogens is 1. The number of aliphatic hydroxyl groups is 1. The molecular formula is C26H56N2O7S. The fraction of sp³-hybridized carbons (Fsp3) is 0.885. The van der Waals surface area contributed by atoms with E-state index in [1.54, 1.807) is 0 Å². The van der Waals surface area contributed by atoms with E-state index in [9.17, 15) is 22.9 Å². The highest BCUT2D eigenvalue weighted by molar-refractivity contribution is 7.80. The summed E-state index contributed by atoms with van der Waals surface area (Å²) in [5, 5.41) is 18.3. The van der Waals surface area contributed by atoms with Gasteiger partial charge >= 0.3 is 5.97 Å². The number of carbonyl (C=O) groups is 1. The number of hydrogen-bond acceptors (Lipinski definition) is 7. The second-order valence-corrected chi connectivity index (χ2v) is 10.9. The number of hydrogen-bond donors (Lipinski definition) is 3. The maximum atomic E-state index is 10.3. The first-order valence-corrected chi connectivity index (χ1v) is 14.8. The van der Waals surface area contributed by atoms with Gasteiger partial charge in [-0.15, -0.1) is 0 Å². The SMILES string of the molecule is CCCCCCC(O)C/C=C\CCCCCCCC(=O)O.CCOS(=O)(=O)[O-].C[N+](C)(C)CCCN. The van der Waals surface area contributed by atoms with E-state index < -0.39 is 16.4 Å². The molecule has 1 unspecified atom stereocenters. The maximum Gasteiger partial charge on any atom is 0.303 e. The average molecular weight is 541 g/mol. The topological polar surface area (TPSA) is 150 Å². The first-order valence-electron chi connectivity index (χ1n) is 13.4. The van der Waals surface area contributed by atoms with Gasteiger partial charge in [0.15, 0.2) is 0 Å². The minimum absolute atomic E-state index is 0.0914. The fourth-order valence-corrected chi connectivity index (χ4v) is 3.36. The molecule has 9 nitrogen and oxygen atoms in total. The zero-order valence-electron chi connectivity index (χ0n) is 23.6. The minimum atomic E-state index is -4.42. The van der Waals surface area contributed by atoms with Crippen LogP contribution in [0.15, 0.2) is 12.2 Å². The molecule has 0 fully saturated rings. The number of aliphatic hydroxyl groups excluding tert-OH is 1. The van der Waals surface area contributed by atoms with Gasteiger partial charge in [-0.3, -0.25) is 8.98 Å². The summed E-state index contributed by atoms with van der Waals surface area (Å²) in [6.45, 7) is 5.53.